The minimum Gasteiger partial charge on any atom is -0.479 e. The second-order valence-electron chi connectivity index (χ2n) is 10.6. The van der Waals surface area contributed by atoms with Crippen molar-refractivity contribution in [3.63, 3.8) is 0 Å². The maximum Gasteiger partial charge on any atom is 0.337 e. The minimum absolute atomic E-state index is 0.0884. The van der Waals surface area contributed by atoms with Gasteiger partial charge in [-0.25, -0.2) is 4.79 Å². The van der Waals surface area contributed by atoms with Crippen LogP contribution in [0.1, 0.15) is 27.6 Å². The summed E-state index contributed by atoms with van der Waals surface area (Å²) in [6.45, 7) is 0.0884. The molecule has 0 amide bonds. The molecule has 278 valence electrons. The lowest BCUT2D eigenvalue weighted by Crippen LogP contribution is -2.11. The molecule has 7 nitrogen and oxygen atoms in total. The molecule has 0 bridgehead atoms. The van der Waals surface area contributed by atoms with Crippen LogP contribution in [0, 0.1) is 0 Å². The first kappa shape index (κ1) is 45.0. The van der Waals surface area contributed by atoms with Crippen LogP contribution in [0.2, 0.25) is 0 Å². The van der Waals surface area contributed by atoms with E-state index in [9.17, 15) is 29.4 Å². The summed E-state index contributed by atoms with van der Waals surface area (Å²) >= 11 is 18.5. The third-order valence-corrected chi connectivity index (χ3v) is 7.61. The summed E-state index contributed by atoms with van der Waals surface area (Å²) in [4.78, 5) is 40.5. The third-order valence-electron chi connectivity index (χ3n) is 7.17. The number of benzene rings is 6. The van der Waals surface area contributed by atoms with E-state index in [0.717, 1.165) is 50.8 Å². The van der Waals surface area contributed by atoms with Gasteiger partial charge in [0, 0.05) is 5.56 Å². The minimum atomic E-state index is -1.49. The summed E-state index contributed by atoms with van der Waals surface area (Å²) in [5.74, 6) is -1.24. The maximum absolute atomic E-state index is 10.8. The number of aliphatic hydroxyl groups excluding tert-OH is 2. The molecule has 3 N–H and O–H groups in total. The van der Waals surface area contributed by atoms with Crippen molar-refractivity contribution in [2.45, 2.75) is 12.7 Å². The Morgan fingerprint density at radius 1 is 0.537 bits per heavy atom. The molecule has 0 aromatic heterocycles. The molecule has 1 unspecified atom stereocenters. The summed E-state index contributed by atoms with van der Waals surface area (Å²) in [5, 5.41) is 25.6. The van der Waals surface area contributed by atoms with E-state index in [0.29, 0.717) is 5.56 Å². The fourth-order valence-electron chi connectivity index (χ4n) is 4.79. The lowest BCUT2D eigenvalue weighted by atomic mass is 9.96. The fourth-order valence-corrected chi connectivity index (χ4v) is 4.79. The number of rotatable bonds is 8. The summed E-state index contributed by atoms with van der Waals surface area (Å²) in [6.07, 6.45) is -0.603. The number of carbonyl (C=O) groups excluding carboxylic acids is 3. The highest BCUT2D eigenvalue weighted by atomic mass is 35.5. The Morgan fingerprint density at radius 2 is 0.889 bits per heavy atom. The van der Waals surface area contributed by atoms with Gasteiger partial charge in [-0.15, -0.1) is 23.2 Å². The van der Waals surface area contributed by atoms with Crippen molar-refractivity contribution < 1.29 is 34.5 Å². The molecule has 6 aromatic rings. The highest BCUT2D eigenvalue weighted by Gasteiger charge is 2.19. The first-order valence-electron chi connectivity index (χ1n) is 16.0. The van der Waals surface area contributed by atoms with E-state index in [1.165, 1.54) is 0 Å². The van der Waals surface area contributed by atoms with E-state index in [1.807, 2.05) is 133 Å². The Morgan fingerprint density at radius 3 is 1.31 bits per heavy atom. The van der Waals surface area contributed by atoms with Crippen LogP contribution in [-0.4, -0.2) is 43.4 Å². The van der Waals surface area contributed by atoms with Crippen LogP contribution >= 0.6 is 46.4 Å². The number of carboxylic acids is 1. The maximum atomic E-state index is 10.8. The first-order valence-corrected chi connectivity index (χ1v) is 17.8. The number of aldehydes is 1. The van der Waals surface area contributed by atoms with Crippen molar-refractivity contribution in [2.24, 2.45) is 0 Å². The molecular weight excluding hydrogens is 770 g/mol. The molecule has 0 aliphatic rings. The number of carboxylic acid groups (broad SMARTS) is 1. The molecule has 6 rings (SSSR count). The first-order chi connectivity index (χ1) is 26.1. The van der Waals surface area contributed by atoms with Crippen molar-refractivity contribution in [3.05, 3.63) is 180 Å². The molecule has 0 radical (unpaired) electrons. The van der Waals surface area contributed by atoms with Crippen LogP contribution < -0.4 is 0 Å². The normalized spacial score (nSPS) is 10.1. The molecule has 0 aliphatic carbocycles. The average molecular weight is 807 g/mol. The van der Waals surface area contributed by atoms with Crippen molar-refractivity contribution in [2.75, 3.05) is 5.34 Å². The number of aliphatic hydroxyl groups is 2. The van der Waals surface area contributed by atoms with Gasteiger partial charge in [-0.1, -0.05) is 164 Å². The molecule has 0 heterocycles. The van der Waals surface area contributed by atoms with Crippen molar-refractivity contribution >= 4 is 69.1 Å². The van der Waals surface area contributed by atoms with Crippen molar-refractivity contribution in [3.8, 4) is 33.4 Å². The van der Waals surface area contributed by atoms with E-state index in [-0.39, 0.29) is 11.9 Å². The number of carbonyl (C=O) groups is 4. The molecule has 0 saturated carbocycles. The third kappa shape index (κ3) is 15.5. The van der Waals surface area contributed by atoms with Gasteiger partial charge in [-0.3, -0.25) is 14.4 Å². The van der Waals surface area contributed by atoms with E-state index in [2.05, 4.69) is 35.3 Å². The van der Waals surface area contributed by atoms with Gasteiger partial charge in [-0.05, 0) is 67.7 Å². The Kier molecular flexibility index (Phi) is 21.5. The van der Waals surface area contributed by atoms with Gasteiger partial charge >= 0.3 is 16.5 Å². The number of hydrogen-bond donors (Lipinski definition) is 3. The second-order valence-corrected chi connectivity index (χ2v) is 12.1. The van der Waals surface area contributed by atoms with Crippen LogP contribution in [0.5, 0.6) is 0 Å². The van der Waals surface area contributed by atoms with Gasteiger partial charge in [0.25, 0.3) is 0 Å². The van der Waals surface area contributed by atoms with Crippen LogP contribution in [0.3, 0.4) is 0 Å². The van der Waals surface area contributed by atoms with Gasteiger partial charge in [0.15, 0.2) is 12.4 Å². The summed E-state index contributed by atoms with van der Waals surface area (Å²) in [7, 11) is 0. The van der Waals surface area contributed by atoms with Gasteiger partial charge in [0.1, 0.15) is 0 Å². The van der Waals surface area contributed by atoms with Gasteiger partial charge in [0.2, 0.25) is 0 Å². The number of aliphatic carboxylic acids is 1. The monoisotopic (exact) mass is 804 g/mol. The predicted molar refractivity (Wildman–Crippen MR) is 218 cm³/mol. The highest BCUT2D eigenvalue weighted by molar-refractivity contribution is 6.97. The van der Waals surface area contributed by atoms with Crippen LogP contribution in [0.25, 0.3) is 33.4 Å². The molecule has 1 atom stereocenters. The number of halogens is 4. The Labute approximate surface area is 334 Å². The van der Waals surface area contributed by atoms with Crippen LogP contribution in [0.15, 0.2) is 164 Å². The zero-order valence-corrected chi connectivity index (χ0v) is 31.7. The number of alkyl halides is 2. The van der Waals surface area contributed by atoms with E-state index in [4.69, 9.17) is 28.3 Å². The Bertz CT molecular complexity index is 2010. The second kappa shape index (κ2) is 25.8. The fraction of sp³-hybridized carbons (Fsp3) is 0.0698. The van der Waals surface area contributed by atoms with Crippen molar-refractivity contribution in [1.82, 2.24) is 0 Å². The summed E-state index contributed by atoms with van der Waals surface area (Å²) in [6, 6.07) is 51.9. The Hall–Kier alpha value is -5.12. The van der Waals surface area contributed by atoms with Gasteiger partial charge in [-0.2, -0.15) is 0 Å². The van der Waals surface area contributed by atoms with Crippen molar-refractivity contribution in [1.29, 1.82) is 0 Å². The zero-order chi connectivity index (χ0) is 39.7. The van der Waals surface area contributed by atoms with Gasteiger partial charge in [0.05, 0.1) is 11.9 Å². The summed E-state index contributed by atoms with van der Waals surface area (Å²) < 4.78 is 0. The Balaban J connectivity index is 0.000000253. The molecule has 0 fully saturated rings. The predicted octanol–water partition coefficient (Wildman–Crippen LogP) is 10.4. The molecule has 0 aliphatic heterocycles. The average Bonchev–Trinajstić information content (AvgIpc) is 3.22. The molecular formula is C43H36Cl4O7. The zero-order valence-electron chi connectivity index (χ0n) is 28.6. The lowest BCUT2D eigenvalue weighted by Gasteiger charge is -2.12. The van der Waals surface area contributed by atoms with E-state index < -0.39 is 22.6 Å². The lowest BCUT2D eigenvalue weighted by molar-refractivity contribution is -0.146. The molecule has 11 heteroatoms. The largest absolute Gasteiger partial charge is 0.479 e. The standard InChI is InChI=1S/C14H12O3.C13H12O.C13H10O.C2Cl2O2.CH2Cl2/c15-13(14(16)17)12-9-5-4-8-11(12)10-6-2-1-3-7-10;2*14-10-12-8-4-5-9-13(12)11-6-2-1-3-7-11;3-1(5)2(4)6;2-1-3/h1-9,13,15H,(H,16,17);1-9,14H,10H2;1-10H;;1H2. The van der Waals surface area contributed by atoms with E-state index in [1.54, 1.807) is 18.2 Å². The number of hydrogen-bond acceptors (Lipinski definition) is 6. The van der Waals surface area contributed by atoms with E-state index >= 15 is 0 Å². The SMILES string of the molecule is ClCCl.O=C(Cl)C(=O)Cl.O=C(O)C(O)c1ccccc1-c1ccccc1.O=Cc1ccccc1-c1ccccc1.OCc1ccccc1-c1ccccc1. The van der Waals surface area contributed by atoms with Crippen LogP contribution in [-0.2, 0) is 21.0 Å². The quantitative estimate of drug-likeness (QED) is 0.0604. The highest BCUT2D eigenvalue weighted by Crippen LogP contribution is 2.28. The molecule has 0 spiro atoms. The van der Waals surface area contributed by atoms with Crippen LogP contribution in [0.4, 0.5) is 0 Å². The smallest absolute Gasteiger partial charge is 0.337 e. The molecule has 6 aromatic carbocycles. The molecule has 54 heavy (non-hydrogen) atoms. The topological polar surface area (TPSA) is 129 Å². The molecule has 0 saturated heterocycles. The van der Waals surface area contributed by atoms with Gasteiger partial charge < -0.3 is 15.3 Å². The summed E-state index contributed by atoms with van der Waals surface area (Å²) in [5.41, 5.74) is 8.07.